The molecular formula is C6H10O2. The molecule has 1 rings (SSSR count). The van der Waals surface area contributed by atoms with Gasteiger partial charge in [0.2, 0.25) is 0 Å². The average Bonchev–Trinajstić information content (AvgIpc) is 1.79. The molecule has 46 valence electrons. The van der Waals surface area contributed by atoms with Gasteiger partial charge in [-0.15, -0.1) is 0 Å². The first-order valence-corrected chi connectivity index (χ1v) is 3.01. The van der Waals surface area contributed by atoms with E-state index in [-0.39, 0.29) is 11.9 Å². The largest absolute Gasteiger partial charge is 0.464 e. The number of esters is 1. The maximum absolute atomic E-state index is 10.4. The predicted octanol–water partition coefficient (Wildman–Crippen LogP) is 0.960. The summed E-state index contributed by atoms with van der Waals surface area (Å²) >= 11 is 0. The van der Waals surface area contributed by atoms with Crippen LogP contribution in [0, 0.1) is 5.92 Å². The van der Waals surface area contributed by atoms with E-state index in [1.807, 2.05) is 0 Å². The summed E-state index contributed by atoms with van der Waals surface area (Å²) in [6.07, 6.45) is 2.08. The molecule has 0 amide bonds. The first-order valence-electron chi connectivity index (χ1n) is 3.01. The van der Waals surface area contributed by atoms with Crippen LogP contribution in [-0.2, 0) is 9.53 Å². The lowest BCUT2D eigenvalue weighted by Gasteiger charge is -2.23. The molecule has 0 unspecified atom stereocenters. The monoisotopic (exact) mass is 114 g/mol. The zero-order valence-corrected chi connectivity index (χ0v) is 5.02. The number of rotatable bonds is 2. The molecule has 2 heteroatoms. The summed E-state index contributed by atoms with van der Waals surface area (Å²) in [5, 5.41) is 0. The quantitative estimate of drug-likeness (QED) is 0.500. The van der Waals surface area contributed by atoms with Gasteiger partial charge in [0.25, 0.3) is 0 Å². The standard InChI is InChI=1S/C6H10O2/c1-2-3-5-4-8-6(5)7/h5H,2-4H2,1H3/t5-/m1/s1. The molecule has 0 aromatic rings. The first kappa shape index (κ1) is 5.60. The minimum Gasteiger partial charge on any atom is -0.464 e. The van der Waals surface area contributed by atoms with Crippen LogP contribution in [0.2, 0.25) is 0 Å². The first-order chi connectivity index (χ1) is 3.84. The van der Waals surface area contributed by atoms with Gasteiger partial charge in [-0.05, 0) is 6.42 Å². The molecule has 0 N–H and O–H groups in total. The Morgan fingerprint density at radius 1 is 1.88 bits per heavy atom. The minimum atomic E-state index is -0.00755. The van der Waals surface area contributed by atoms with Gasteiger partial charge in [0.1, 0.15) is 6.61 Å². The van der Waals surface area contributed by atoms with Crippen molar-refractivity contribution in [2.75, 3.05) is 6.61 Å². The van der Waals surface area contributed by atoms with Gasteiger partial charge in [-0.1, -0.05) is 13.3 Å². The van der Waals surface area contributed by atoms with E-state index in [1.165, 1.54) is 0 Å². The Balaban J connectivity index is 2.17. The van der Waals surface area contributed by atoms with Crippen molar-refractivity contribution in [2.24, 2.45) is 5.92 Å². The molecule has 1 saturated heterocycles. The molecule has 8 heavy (non-hydrogen) atoms. The molecule has 0 saturated carbocycles. The summed E-state index contributed by atoms with van der Waals surface area (Å²) in [4.78, 5) is 10.4. The number of carbonyl (C=O) groups is 1. The van der Waals surface area contributed by atoms with Crippen LogP contribution in [0.15, 0.2) is 0 Å². The van der Waals surface area contributed by atoms with E-state index in [0.717, 1.165) is 12.8 Å². The summed E-state index contributed by atoms with van der Waals surface area (Å²) in [5.74, 6) is 0.229. The van der Waals surface area contributed by atoms with Crippen molar-refractivity contribution in [1.82, 2.24) is 0 Å². The second-order valence-corrected chi connectivity index (χ2v) is 2.12. The summed E-state index contributed by atoms with van der Waals surface area (Å²) in [6, 6.07) is 0. The highest BCUT2D eigenvalue weighted by atomic mass is 16.6. The highest BCUT2D eigenvalue weighted by Gasteiger charge is 2.28. The maximum atomic E-state index is 10.4. The molecule has 0 aromatic heterocycles. The molecule has 1 aliphatic heterocycles. The van der Waals surface area contributed by atoms with Crippen LogP contribution >= 0.6 is 0 Å². The molecule has 2 nitrogen and oxygen atoms in total. The van der Waals surface area contributed by atoms with Crippen molar-refractivity contribution in [1.29, 1.82) is 0 Å². The Kier molecular flexibility index (Phi) is 1.51. The number of hydrogen-bond acceptors (Lipinski definition) is 2. The molecule has 1 heterocycles. The van der Waals surface area contributed by atoms with E-state index in [2.05, 4.69) is 11.7 Å². The third-order valence-electron chi connectivity index (χ3n) is 1.40. The Morgan fingerprint density at radius 2 is 2.62 bits per heavy atom. The van der Waals surface area contributed by atoms with E-state index >= 15 is 0 Å². The highest BCUT2D eigenvalue weighted by Crippen LogP contribution is 2.17. The van der Waals surface area contributed by atoms with Crippen molar-refractivity contribution in [3.63, 3.8) is 0 Å². The van der Waals surface area contributed by atoms with Gasteiger partial charge < -0.3 is 4.74 Å². The van der Waals surface area contributed by atoms with Crippen LogP contribution in [0.1, 0.15) is 19.8 Å². The molecule has 0 aliphatic carbocycles. The van der Waals surface area contributed by atoms with Crippen LogP contribution in [0.25, 0.3) is 0 Å². The van der Waals surface area contributed by atoms with Gasteiger partial charge in [0, 0.05) is 0 Å². The van der Waals surface area contributed by atoms with Crippen molar-refractivity contribution in [2.45, 2.75) is 19.8 Å². The second-order valence-electron chi connectivity index (χ2n) is 2.12. The molecule has 0 radical (unpaired) electrons. The smallest absolute Gasteiger partial charge is 0.312 e. The van der Waals surface area contributed by atoms with Gasteiger partial charge in [-0.25, -0.2) is 0 Å². The van der Waals surface area contributed by atoms with Crippen molar-refractivity contribution in [3.8, 4) is 0 Å². The fourth-order valence-electron chi connectivity index (χ4n) is 0.819. The van der Waals surface area contributed by atoms with Gasteiger partial charge >= 0.3 is 5.97 Å². The lowest BCUT2D eigenvalue weighted by atomic mass is 10.0. The van der Waals surface area contributed by atoms with E-state index in [1.54, 1.807) is 0 Å². The lowest BCUT2D eigenvalue weighted by Crippen LogP contribution is -2.34. The van der Waals surface area contributed by atoms with Gasteiger partial charge in [0.15, 0.2) is 0 Å². The van der Waals surface area contributed by atoms with Crippen LogP contribution in [0.5, 0.6) is 0 Å². The zero-order chi connectivity index (χ0) is 5.98. The van der Waals surface area contributed by atoms with E-state index in [4.69, 9.17) is 0 Å². The predicted molar refractivity (Wildman–Crippen MR) is 29.4 cm³/mol. The van der Waals surface area contributed by atoms with Crippen molar-refractivity contribution in [3.05, 3.63) is 0 Å². The van der Waals surface area contributed by atoms with Crippen molar-refractivity contribution >= 4 is 5.97 Å². The third-order valence-corrected chi connectivity index (χ3v) is 1.40. The fourth-order valence-corrected chi connectivity index (χ4v) is 0.819. The van der Waals surface area contributed by atoms with E-state index < -0.39 is 0 Å². The van der Waals surface area contributed by atoms with Crippen LogP contribution < -0.4 is 0 Å². The maximum Gasteiger partial charge on any atom is 0.312 e. The molecule has 1 fully saturated rings. The summed E-state index contributed by atoms with van der Waals surface area (Å²) in [7, 11) is 0. The van der Waals surface area contributed by atoms with E-state index in [9.17, 15) is 4.79 Å². The molecule has 1 aliphatic rings. The molecule has 1 atom stereocenters. The molecule has 0 aromatic carbocycles. The van der Waals surface area contributed by atoms with Crippen molar-refractivity contribution < 1.29 is 9.53 Å². The summed E-state index contributed by atoms with van der Waals surface area (Å²) in [5.41, 5.74) is 0. The Hall–Kier alpha value is -0.530. The van der Waals surface area contributed by atoms with Gasteiger partial charge in [-0.3, -0.25) is 4.79 Å². The summed E-state index contributed by atoms with van der Waals surface area (Å²) < 4.78 is 4.56. The number of cyclic esters (lactones) is 1. The molecular weight excluding hydrogens is 104 g/mol. The average molecular weight is 114 g/mol. The Bertz CT molecular complexity index is 98.7. The van der Waals surface area contributed by atoms with Crippen LogP contribution in [0.3, 0.4) is 0 Å². The molecule has 0 bridgehead atoms. The van der Waals surface area contributed by atoms with Gasteiger partial charge in [-0.2, -0.15) is 0 Å². The lowest BCUT2D eigenvalue weighted by molar-refractivity contribution is -0.168. The Labute approximate surface area is 48.8 Å². The second kappa shape index (κ2) is 2.16. The SMILES string of the molecule is CCC[C@@H]1COC1=O. The van der Waals surface area contributed by atoms with Crippen LogP contribution in [0.4, 0.5) is 0 Å². The Morgan fingerprint density at radius 3 is 2.75 bits per heavy atom. The number of ether oxygens (including phenoxy) is 1. The number of hydrogen-bond donors (Lipinski definition) is 0. The van der Waals surface area contributed by atoms with Gasteiger partial charge in [0.05, 0.1) is 5.92 Å². The third kappa shape index (κ3) is 0.831. The van der Waals surface area contributed by atoms with E-state index in [0.29, 0.717) is 6.61 Å². The zero-order valence-electron chi connectivity index (χ0n) is 5.02. The molecule has 0 spiro atoms. The highest BCUT2D eigenvalue weighted by molar-refractivity contribution is 5.77. The normalized spacial score (nSPS) is 26.6. The van der Waals surface area contributed by atoms with Crippen LogP contribution in [-0.4, -0.2) is 12.6 Å². The topological polar surface area (TPSA) is 26.3 Å². The summed E-state index contributed by atoms with van der Waals surface area (Å²) in [6.45, 7) is 2.73. The number of carbonyl (C=O) groups excluding carboxylic acids is 1. The fraction of sp³-hybridized carbons (Fsp3) is 0.833. The minimum absolute atomic E-state index is 0.00755.